The quantitative estimate of drug-likeness (QED) is 0.581. The third-order valence-corrected chi connectivity index (χ3v) is 7.38. The molecule has 190 valence electrons. The number of anilines is 2. The molecular formula is C27H35N7O2. The van der Waals surface area contributed by atoms with E-state index < -0.39 is 0 Å². The van der Waals surface area contributed by atoms with E-state index in [4.69, 9.17) is 4.98 Å². The van der Waals surface area contributed by atoms with Gasteiger partial charge >= 0.3 is 0 Å². The number of nitrogens with one attached hydrogen (secondary N) is 2. The Kier molecular flexibility index (Phi) is 6.42. The minimum atomic E-state index is -0.183. The fourth-order valence-electron chi connectivity index (χ4n) is 5.30. The fourth-order valence-corrected chi connectivity index (χ4v) is 5.30. The number of benzene rings is 1. The van der Waals surface area contributed by atoms with Crippen LogP contribution in [0.25, 0.3) is 10.9 Å². The Hall–Kier alpha value is -3.46. The van der Waals surface area contributed by atoms with Gasteiger partial charge in [-0.15, -0.1) is 0 Å². The molecule has 0 saturated carbocycles. The van der Waals surface area contributed by atoms with Gasteiger partial charge in [-0.2, -0.15) is 0 Å². The lowest BCUT2D eigenvalue weighted by Crippen LogP contribution is -2.51. The van der Waals surface area contributed by atoms with E-state index in [1.54, 1.807) is 7.05 Å². The number of carbonyl (C=O) groups excluding carboxylic acids is 1. The maximum absolute atomic E-state index is 12.5. The Morgan fingerprint density at radius 2 is 1.83 bits per heavy atom. The molecule has 2 aliphatic heterocycles. The van der Waals surface area contributed by atoms with Crippen molar-refractivity contribution in [2.45, 2.75) is 38.6 Å². The van der Waals surface area contributed by atoms with E-state index in [0.29, 0.717) is 23.1 Å². The highest BCUT2D eigenvalue weighted by Crippen LogP contribution is 2.30. The van der Waals surface area contributed by atoms with Crippen molar-refractivity contribution in [1.82, 2.24) is 25.2 Å². The lowest BCUT2D eigenvalue weighted by Gasteiger charge is -2.39. The van der Waals surface area contributed by atoms with Crippen LogP contribution in [0, 0.1) is 0 Å². The van der Waals surface area contributed by atoms with Gasteiger partial charge in [-0.25, -0.2) is 9.97 Å². The zero-order valence-corrected chi connectivity index (χ0v) is 21.5. The largest absolute Gasteiger partial charge is 0.368 e. The lowest BCUT2D eigenvalue weighted by atomic mass is 9.85. The molecule has 0 aliphatic carbocycles. The minimum Gasteiger partial charge on any atom is -0.368 e. The van der Waals surface area contributed by atoms with E-state index in [-0.39, 0.29) is 16.9 Å². The van der Waals surface area contributed by atoms with Gasteiger partial charge in [0, 0.05) is 52.4 Å². The number of fused-ring (bicyclic) bond motifs is 1. The monoisotopic (exact) mass is 489 g/mol. The van der Waals surface area contributed by atoms with Crippen LogP contribution in [0.2, 0.25) is 0 Å². The van der Waals surface area contributed by atoms with Crippen LogP contribution in [-0.2, 0) is 5.41 Å². The Balaban J connectivity index is 1.25. The van der Waals surface area contributed by atoms with Crippen LogP contribution in [0.15, 0.2) is 41.3 Å². The number of aromatic nitrogens is 3. The van der Waals surface area contributed by atoms with Crippen molar-refractivity contribution in [1.29, 1.82) is 0 Å². The van der Waals surface area contributed by atoms with Crippen LogP contribution in [0.3, 0.4) is 0 Å². The molecule has 1 aromatic carbocycles. The number of pyridine rings is 1. The summed E-state index contributed by atoms with van der Waals surface area (Å²) in [5.41, 5.74) is 3.00. The number of carbonyl (C=O) groups is 1. The second-order valence-electron chi connectivity index (χ2n) is 10.7. The molecule has 5 rings (SSSR count). The zero-order valence-electron chi connectivity index (χ0n) is 21.5. The molecule has 1 atom stereocenters. The Morgan fingerprint density at radius 1 is 1.08 bits per heavy atom. The van der Waals surface area contributed by atoms with Crippen molar-refractivity contribution in [2.75, 3.05) is 56.1 Å². The molecule has 2 aliphatic rings. The number of nitrogens with zero attached hydrogens (tertiary/aromatic N) is 5. The van der Waals surface area contributed by atoms with Crippen molar-refractivity contribution in [3.05, 3.63) is 58.1 Å². The van der Waals surface area contributed by atoms with Crippen LogP contribution in [0.5, 0.6) is 0 Å². The Bertz CT molecular complexity index is 1320. The second-order valence-corrected chi connectivity index (χ2v) is 10.7. The van der Waals surface area contributed by atoms with Crippen LogP contribution in [-0.4, -0.2) is 78.1 Å². The molecule has 9 heteroatoms. The van der Waals surface area contributed by atoms with Gasteiger partial charge in [0.25, 0.3) is 11.5 Å². The van der Waals surface area contributed by atoms with Crippen molar-refractivity contribution >= 4 is 28.4 Å². The molecule has 9 nitrogen and oxygen atoms in total. The SMILES string of the molecule is CNC(=O)c1ncc(N2CCN(C3CCN(c4nc5ccccc5c(=O)[nH]4)C3)CC2)cc1C(C)(C)C. The smallest absolute Gasteiger partial charge is 0.269 e. The summed E-state index contributed by atoms with van der Waals surface area (Å²) in [6, 6.07) is 10.0. The molecule has 0 bridgehead atoms. The van der Waals surface area contributed by atoms with E-state index in [0.717, 1.165) is 62.5 Å². The van der Waals surface area contributed by atoms with Gasteiger partial charge in [-0.3, -0.25) is 19.5 Å². The van der Waals surface area contributed by atoms with Crippen molar-refractivity contribution in [3.8, 4) is 0 Å². The summed E-state index contributed by atoms with van der Waals surface area (Å²) < 4.78 is 0. The number of hydrogen-bond acceptors (Lipinski definition) is 7. The number of H-pyrrole nitrogens is 1. The average Bonchev–Trinajstić information content (AvgIpc) is 3.38. The molecule has 2 aromatic heterocycles. The van der Waals surface area contributed by atoms with Gasteiger partial charge in [0.1, 0.15) is 5.69 Å². The number of hydrogen-bond donors (Lipinski definition) is 2. The second kappa shape index (κ2) is 9.54. The zero-order chi connectivity index (χ0) is 25.4. The van der Waals surface area contributed by atoms with Gasteiger partial charge in [-0.1, -0.05) is 32.9 Å². The van der Waals surface area contributed by atoms with Crippen LogP contribution in [0.4, 0.5) is 11.6 Å². The number of amides is 1. The molecule has 0 spiro atoms. The van der Waals surface area contributed by atoms with Gasteiger partial charge in [0.2, 0.25) is 5.95 Å². The van der Waals surface area contributed by atoms with E-state index in [1.807, 2.05) is 30.5 Å². The molecule has 0 radical (unpaired) electrons. The molecule has 3 aromatic rings. The predicted octanol–water partition coefficient (Wildman–Crippen LogP) is 2.38. The summed E-state index contributed by atoms with van der Waals surface area (Å²) >= 11 is 0. The van der Waals surface area contributed by atoms with E-state index in [1.165, 1.54) is 0 Å². The summed E-state index contributed by atoms with van der Waals surface area (Å²) in [5, 5.41) is 3.33. The minimum absolute atomic E-state index is 0.0849. The third-order valence-electron chi connectivity index (χ3n) is 7.38. The molecule has 36 heavy (non-hydrogen) atoms. The van der Waals surface area contributed by atoms with Gasteiger partial charge in [-0.05, 0) is 35.6 Å². The average molecular weight is 490 g/mol. The first-order valence-electron chi connectivity index (χ1n) is 12.7. The number of rotatable bonds is 4. The number of aromatic amines is 1. The topological polar surface area (TPSA) is 97.5 Å². The number of para-hydroxylation sites is 1. The van der Waals surface area contributed by atoms with Gasteiger partial charge in [0.05, 0.1) is 22.8 Å². The van der Waals surface area contributed by atoms with Crippen molar-refractivity contribution < 1.29 is 4.79 Å². The third kappa shape index (κ3) is 4.67. The molecule has 2 fully saturated rings. The van der Waals surface area contributed by atoms with Crippen LogP contribution in [0.1, 0.15) is 43.2 Å². The summed E-state index contributed by atoms with van der Waals surface area (Å²) in [7, 11) is 1.64. The highest BCUT2D eigenvalue weighted by molar-refractivity contribution is 5.94. The normalized spacial score (nSPS) is 19.2. The van der Waals surface area contributed by atoms with Crippen LogP contribution < -0.4 is 20.7 Å². The first-order chi connectivity index (χ1) is 17.2. The summed E-state index contributed by atoms with van der Waals surface area (Å²) in [6.45, 7) is 11.8. The van der Waals surface area contributed by atoms with Gasteiger partial charge in [0.15, 0.2) is 0 Å². The van der Waals surface area contributed by atoms with Crippen LogP contribution >= 0.6 is 0 Å². The molecule has 1 unspecified atom stereocenters. The molecule has 1 amide bonds. The Morgan fingerprint density at radius 3 is 2.56 bits per heavy atom. The van der Waals surface area contributed by atoms with E-state index in [2.05, 4.69) is 56.8 Å². The highest BCUT2D eigenvalue weighted by atomic mass is 16.1. The maximum atomic E-state index is 12.5. The Labute approximate surface area is 211 Å². The summed E-state index contributed by atoms with van der Waals surface area (Å²) in [5.74, 6) is 0.515. The fraction of sp³-hybridized carbons (Fsp3) is 0.481. The van der Waals surface area contributed by atoms with Gasteiger partial charge < -0.3 is 15.1 Å². The molecule has 2 saturated heterocycles. The maximum Gasteiger partial charge on any atom is 0.269 e. The number of piperazine rings is 1. The molecular weight excluding hydrogens is 454 g/mol. The summed E-state index contributed by atoms with van der Waals surface area (Å²) in [4.78, 5) is 44.2. The first kappa shape index (κ1) is 24.2. The summed E-state index contributed by atoms with van der Waals surface area (Å²) in [6.07, 6.45) is 2.88. The van der Waals surface area contributed by atoms with Crippen molar-refractivity contribution in [3.63, 3.8) is 0 Å². The molecule has 4 heterocycles. The van der Waals surface area contributed by atoms with Crippen molar-refractivity contribution in [2.24, 2.45) is 0 Å². The predicted molar refractivity (Wildman–Crippen MR) is 143 cm³/mol. The first-order valence-corrected chi connectivity index (χ1v) is 12.7. The van der Waals surface area contributed by atoms with E-state index in [9.17, 15) is 9.59 Å². The lowest BCUT2D eigenvalue weighted by molar-refractivity contribution is 0.0955. The molecule has 2 N–H and O–H groups in total. The highest BCUT2D eigenvalue weighted by Gasteiger charge is 2.32. The van der Waals surface area contributed by atoms with E-state index >= 15 is 0 Å². The standard InChI is InChI=1S/C27H35N7O2/c1-27(2,3)21-15-19(16-29-23(21)25(36)28-4)33-13-11-32(12-14-33)18-9-10-34(17-18)26-30-22-8-6-5-7-20(22)24(35)31-26/h5-8,15-16,18H,9-14,17H2,1-4H3,(H,28,36)(H,30,31,35).